The monoisotopic (exact) mass is 523 g/mol. The van der Waals surface area contributed by atoms with Crippen molar-refractivity contribution in [3.63, 3.8) is 0 Å². The number of allylic oxidation sites excluding steroid dienone is 1. The predicted octanol–water partition coefficient (Wildman–Crippen LogP) is 5.51. The van der Waals surface area contributed by atoms with Gasteiger partial charge in [-0.3, -0.25) is 4.79 Å². The number of thioether (sulfide) groups is 1. The Morgan fingerprint density at radius 1 is 1.11 bits per heavy atom. The topological polar surface area (TPSA) is 99.5 Å². The van der Waals surface area contributed by atoms with E-state index in [9.17, 15) is 4.79 Å². The van der Waals surface area contributed by atoms with Gasteiger partial charge in [-0.05, 0) is 55.9 Å². The Labute approximate surface area is 221 Å². The lowest BCUT2D eigenvalue weighted by molar-refractivity contribution is -0.113. The van der Waals surface area contributed by atoms with E-state index in [4.69, 9.17) is 19.3 Å². The number of aromatic nitrogens is 3. The van der Waals surface area contributed by atoms with E-state index in [1.54, 1.807) is 23.6 Å². The Balaban J connectivity index is 1.78. The molecule has 0 fully saturated rings. The molecule has 10 heteroatoms. The normalized spacial score (nSPS) is 14.6. The highest BCUT2D eigenvalue weighted by Gasteiger charge is 2.35. The number of hydrogen-bond donors (Lipinski definition) is 2. The highest BCUT2D eigenvalue weighted by Crippen LogP contribution is 2.40. The minimum absolute atomic E-state index is 0.265. The Bertz CT molecular complexity index is 1290. The van der Waals surface area contributed by atoms with Crippen molar-refractivity contribution in [3.05, 3.63) is 59.3 Å². The number of nitrogens with zero attached hydrogens (tertiary/aromatic N) is 3. The zero-order chi connectivity index (χ0) is 26.4. The number of hydrogen-bond acceptors (Lipinski definition) is 8. The lowest BCUT2D eigenvalue weighted by Crippen LogP contribution is -2.31. The number of benzene rings is 2. The number of carbonyl (C=O) groups is 1. The van der Waals surface area contributed by atoms with Crippen molar-refractivity contribution in [1.29, 1.82) is 0 Å². The van der Waals surface area contributed by atoms with Crippen LogP contribution in [0.5, 0.6) is 17.2 Å². The van der Waals surface area contributed by atoms with Crippen LogP contribution in [0.4, 0.5) is 11.6 Å². The number of para-hydroxylation sites is 2. The summed E-state index contributed by atoms with van der Waals surface area (Å²) >= 11 is 1.54. The van der Waals surface area contributed by atoms with Crippen molar-refractivity contribution in [2.45, 2.75) is 45.3 Å². The molecule has 0 bridgehead atoms. The molecule has 1 aromatic heterocycles. The van der Waals surface area contributed by atoms with E-state index in [2.05, 4.69) is 22.5 Å². The average molecular weight is 524 g/mol. The molecule has 4 rings (SSSR count). The fourth-order valence-corrected chi connectivity index (χ4v) is 4.71. The van der Waals surface area contributed by atoms with Gasteiger partial charge in [-0.25, -0.2) is 4.68 Å². The zero-order valence-electron chi connectivity index (χ0n) is 21.8. The summed E-state index contributed by atoms with van der Waals surface area (Å²) in [4.78, 5) is 18.5. The van der Waals surface area contributed by atoms with Gasteiger partial charge in [0.25, 0.3) is 5.91 Å². The number of anilines is 2. The molecule has 0 aliphatic carbocycles. The van der Waals surface area contributed by atoms with Gasteiger partial charge in [0.1, 0.15) is 11.8 Å². The van der Waals surface area contributed by atoms with Crippen LogP contribution < -0.4 is 24.8 Å². The molecule has 196 valence electrons. The van der Waals surface area contributed by atoms with Crippen molar-refractivity contribution < 1.29 is 19.0 Å². The molecule has 1 unspecified atom stereocenters. The van der Waals surface area contributed by atoms with Gasteiger partial charge in [0, 0.05) is 5.70 Å². The first-order chi connectivity index (χ1) is 18.0. The molecule has 0 radical (unpaired) electrons. The maximum Gasteiger partial charge on any atom is 0.255 e. The third kappa shape index (κ3) is 5.69. The summed E-state index contributed by atoms with van der Waals surface area (Å²) < 4.78 is 19.0. The van der Waals surface area contributed by atoms with Crippen LogP contribution >= 0.6 is 11.8 Å². The lowest BCUT2D eigenvalue weighted by Gasteiger charge is -2.29. The van der Waals surface area contributed by atoms with Crippen molar-refractivity contribution >= 4 is 29.3 Å². The number of rotatable bonds is 11. The summed E-state index contributed by atoms with van der Waals surface area (Å²) in [5, 5.41) is 11.7. The number of ether oxygens (including phenoxy) is 3. The molecule has 0 saturated heterocycles. The minimum Gasteiger partial charge on any atom is -0.493 e. The highest BCUT2D eigenvalue weighted by atomic mass is 32.2. The standard InChI is InChI=1S/C27H33N5O4S/c1-6-15-36-21-14-13-18(16-22(21)34-5)24-23(17(4)28-26-30-27(37-8-3)31-32(24)26)25(33)29-19-11-9-10-12-20(19)35-7-2/h9-14,16,24H,6-8,15H2,1-5H3,(H,29,33)(H,28,30,31). The number of nitrogens with one attached hydrogen (secondary N) is 2. The number of carbonyl (C=O) groups excluding carboxylic acids is 1. The van der Waals surface area contributed by atoms with Crippen molar-refractivity contribution in [2.24, 2.45) is 0 Å². The van der Waals surface area contributed by atoms with Gasteiger partial charge < -0.3 is 24.8 Å². The van der Waals surface area contributed by atoms with Gasteiger partial charge in [0.15, 0.2) is 11.5 Å². The third-order valence-electron chi connectivity index (χ3n) is 5.75. The number of methoxy groups -OCH3 is 1. The quantitative estimate of drug-likeness (QED) is 0.317. The first-order valence-corrected chi connectivity index (χ1v) is 13.4. The van der Waals surface area contributed by atoms with Crippen LogP contribution in [0.25, 0.3) is 0 Å². The fourth-order valence-electron chi connectivity index (χ4n) is 4.15. The van der Waals surface area contributed by atoms with Crippen LogP contribution in [0.15, 0.2) is 58.9 Å². The summed E-state index contributed by atoms with van der Waals surface area (Å²) in [6.07, 6.45) is 0.884. The van der Waals surface area contributed by atoms with Gasteiger partial charge in [0.2, 0.25) is 11.1 Å². The minimum atomic E-state index is -0.539. The summed E-state index contributed by atoms with van der Waals surface area (Å²) in [5.41, 5.74) is 2.63. The van der Waals surface area contributed by atoms with E-state index in [0.29, 0.717) is 58.5 Å². The molecular weight excluding hydrogens is 490 g/mol. The van der Waals surface area contributed by atoms with Crippen LogP contribution in [0.2, 0.25) is 0 Å². The van der Waals surface area contributed by atoms with Crippen molar-refractivity contribution in [2.75, 3.05) is 36.7 Å². The maximum atomic E-state index is 13.8. The average Bonchev–Trinajstić information content (AvgIpc) is 3.29. The van der Waals surface area contributed by atoms with Crippen LogP contribution in [0, 0.1) is 0 Å². The van der Waals surface area contributed by atoms with Crippen LogP contribution in [-0.4, -0.2) is 46.7 Å². The Hall–Kier alpha value is -3.66. The second kappa shape index (κ2) is 12.1. The van der Waals surface area contributed by atoms with E-state index < -0.39 is 6.04 Å². The van der Waals surface area contributed by atoms with Gasteiger partial charge in [-0.2, -0.15) is 4.98 Å². The van der Waals surface area contributed by atoms with E-state index >= 15 is 0 Å². The SMILES string of the molecule is CCCOc1ccc(C2C(C(=O)Nc3ccccc3OCC)=C(C)Nc3nc(SCC)nn32)cc1OC. The number of amides is 1. The summed E-state index contributed by atoms with van der Waals surface area (Å²) in [7, 11) is 1.61. The molecule has 0 spiro atoms. The molecule has 37 heavy (non-hydrogen) atoms. The fraction of sp³-hybridized carbons (Fsp3) is 0.370. The van der Waals surface area contributed by atoms with Gasteiger partial charge in [-0.1, -0.05) is 43.8 Å². The summed E-state index contributed by atoms with van der Waals surface area (Å²) in [5.74, 6) is 3.00. The smallest absolute Gasteiger partial charge is 0.255 e. The van der Waals surface area contributed by atoms with E-state index in [-0.39, 0.29) is 5.91 Å². The summed E-state index contributed by atoms with van der Waals surface area (Å²) in [6, 6.07) is 12.6. The van der Waals surface area contributed by atoms with Crippen LogP contribution in [0.1, 0.15) is 45.7 Å². The molecule has 1 aliphatic heterocycles. The van der Waals surface area contributed by atoms with Gasteiger partial charge in [-0.15, -0.1) is 5.10 Å². The lowest BCUT2D eigenvalue weighted by atomic mass is 9.94. The van der Waals surface area contributed by atoms with Crippen molar-refractivity contribution in [1.82, 2.24) is 14.8 Å². The molecule has 2 N–H and O–H groups in total. The first-order valence-electron chi connectivity index (χ1n) is 12.4. The third-order valence-corrected chi connectivity index (χ3v) is 6.47. The Morgan fingerprint density at radius 2 is 1.92 bits per heavy atom. The molecule has 1 amide bonds. The van der Waals surface area contributed by atoms with Crippen molar-refractivity contribution in [3.8, 4) is 17.2 Å². The Morgan fingerprint density at radius 3 is 2.65 bits per heavy atom. The molecule has 0 saturated carbocycles. The van der Waals surface area contributed by atoms with E-state index in [1.165, 1.54) is 0 Å². The second-order valence-electron chi connectivity index (χ2n) is 8.30. The Kier molecular flexibility index (Phi) is 8.60. The van der Waals surface area contributed by atoms with Gasteiger partial charge >= 0.3 is 0 Å². The predicted molar refractivity (Wildman–Crippen MR) is 146 cm³/mol. The molecule has 2 heterocycles. The molecule has 1 aliphatic rings. The highest BCUT2D eigenvalue weighted by molar-refractivity contribution is 7.99. The van der Waals surface area contributed by atoms with Crippen LogP contribution in [-0.2, 0) is 4.79 Å². The molecular formula is C27H33N5O4S. The molecule has 3 aromatic rings. The number of fused-ring (bicyclic) bond motifs is 1. The summed E-state index contributed by atoms with van der Waals surface area (Å²) in [6.45, 7) is 8.96. The van der Waals surface area contributed by atoms with Crippen LogP contribution in [0.3, 0.4) is 0 Å². The maximum absolute atomic E-state index is 13.8. The molecule has 9 nitrogen and oxygen atoms in total. The van der Waals surface area contributed by atoms with E-state index in [0.717, 1.165) is 17.7 Å². The van der Waals surface area contributed by atoms with Gasteiger partial charge in [0.05, 0.1) is 31.6 Å². The first kappa shape index (κ1) is 26.4. The second-order valence-corrected chi connectivity index (χ2v) is 9.54. The largest absolute Gasteiger partial charge is 0.493 e. The zero-order valence-corrected chi connectivity index (χ0v) is 22.6. The molecule has 2 aromatic carbocycles. The van der Waals surface area contributed by atoms with E-state index in [1.807, 2.05) is 63.2 Å². The molecule has 1 atom stereocenters.